The molecule has 168 valence electrons. The number of carbonyl (C=O) groups is 1. The van der Waals surface area contributed by atoms with Crippen molar-refractivity contribution in [1.82, 2.24) is 14.5 Å². The fourth-order valence-corrected chi connectivity index (χ4v) is 3.98. The van der Waals surface area contributed by atoms with Gasteiger partial charge in [0, 0.05) is 24.3 Å². The van der Waals surface area contributed by atoms with Crippen molar-refractivity contribution in [2.45, 2.75) is 25.9 Å². The Bertz CT molecular complexity index is 1190. The number of fused-ring (bicyclic) bond motifs is 1. The van der Waals surface area contributed by atoms with E-state index in [9.17, 15) is 22.4 Å². The third kappa shape index (κ3) is 3.50. The highest BCUT2D eigenvalue weighted by Gasteiger charge is 2.41. The molecule has 0 saturated carbocycles. The second-order valence-corrected chi connectivity index (χ2v) is 7.95. The molecular formula is C22H21F4N5O. The molecule has 10 heteroatoms. The van der Waals surface area contributed by atoms with E-state index in [1.807, 2.05) is 0 Å². The lowest BCUT2D eigenvalue weighted by atomic mass is 9.99. The molecule has 32 heavy (non-hydrogen) atoms. The first-order valence-electron chi connectivity index (χ1n) is 9.93. The normalized spacial score (nSPS) is 14.9. The van der Waals surface area contributed by atoms with Crippen LogP contribution < -0.4 is 11.1 Å². The second kappa shape index (κ2) is 7.94. The van der Waals surface area contributed by atoms with Crippen molar-refractivity contribution in [2.24, 2.45) is 5.73 Å². The molecule has 0 bridgehead atoms. The Morgan fingerprint density at radius 2 is 1.75 bits per heavy atom. The van der Waals surface area contributed by atoms with Crippen LogP contribution in [0.4, 0.5) is 29.1 Å². The third-order valence-electron chi connectivity index (χ3n) is 5.61. The van der Waals surface area contributed by atoms with Gasteiger partial charge in [-0.2, -0.15) is 0 Å². The first kappa shape index (κ1) is 21.8. The topological polar surface area (TPSA) is 76.2 Å². The molecule has 1 aromatic heterocycles. The van der Waals surface area contributed by atoms with E-state index >= 15 is 0 Å². The number of nitrogens with two attached hydrogens (primary N) is 1. The van der Waals surface area contributed by atoms with Crippen LogP contribution in [0.3, 0.4) is 0 Å². The molecule has 3 aromatic rings. The molecular weight excluding hydrogens is 426 g/mol. The number of halogens is 4. The molecule has 0 radical (unpaired) electrons. The van der Waals surface area contributed by atoms with Crippen molar-refractivity contribution in [2.75, 3.05) is 18.4 Å². The molecule has 1 aliphatic rings. The van der Waals surface area contributed by atoms with Crippen molar-refractivity contribution >= 4 is 17.4 Å². The SMILES string of the molecule is CC1(C)c2nc(-c3ccc(F)c(F)c3F)c(Nc3ccc(F)cc3)n2CCN1C(=O)CN. The molecule has 0 aliphatic carbocycles. The lowest BCUT2D eigenvalue weighted by Crippen LogP contribution is -2.53. The van der Waals surface area contributed by atoms with E-state index in [4.69, 9.17) is 5.73 Å². The minimum absolute atomic E-state index is 0.0378. The zero-order valence-electron chi connectivity index (χ0n) is 17.4. The van der Waals surface area contributed by atoms with Gasteiger partial charge in [0.1, 0.15) is 23.2 Å². The maximum Gasteiger partial charge on any atom is 0.237 e. The van der Waals surface area contributed by atoms with Gasteiger partial charge < -0.3 is 20.5 Å². The van der Waals surface area contributed by atoms with Gasteiger partial charge in [0.05, 0.1) is 12.1 Å². The molecule has 0 spiro atoms. The molecule has 4 rings (SSSR count). The monoisotopic (exact) mass is 447 g/mol. The zero-order chi connectivity index (χ0) is 23.2. The first-order chi connectivity index (χ1) is 15.1. The van der Waals surface area contributed by atoms with Gasteiger partial charge in [-0.3, -0.25) is 4.79 Å². The minimum Gasteiger partial charge on any atom is -0.340 e. The van der Waals surface area contributed by atoms with Gasteiger partial charge in [0.15, 0.2) is 17.5 Å². The van der Waals surface area contributed by atoms with Crippen LogP contribution in [0.1, 0.15) is 19.7 Å². The molecule has 0 unspecified atom stereocenters. The summed E-state index contributed by atoms with van der Waals surface area (Å²) in [5.41, 5.74) is 4.91. The maximum atomic E-state index is 14.7. The van der Waals surface area contributed by atoms with Crippen LogP contribution in [0.15, 0.2) is 36.4 Å². The van der Waals surface area contributed by atoms with Crippen LogP contribution in [0.25, 0.3) is 11.3 Å². The number of carbonyl (C=O) groups excluding carboxylic acids is 1. The summed E-state index contributed by atoms with van der Waals surface area (Å²) in [5, 5.41) is 3.09. The number of imidazole rings is 1. The summed E-state index contributed by atoms with van der Waals surface area (Å²) < 4.78 is 57.4. The highest BCUT2D eigenvalue weighted by molar-refractivity contribution is 5.80. The Kier molecular flexibility index (Phi) is 5.41. The molecule has 6 nitrogen and oxygen atoms in total. The highest BCUT2D eigenvalue weighted by atomic mass is 19.2. The number of hydrogen-bond acceptors (Lipinski definition) is 4. The van der Waals surface area contributed by atoms with Gasteiger partial charge in [-0.1, -0.05) is 0 Å². The Morgan fingerprint density at radius 1 is 1.06 bits per heavy atom. The standard InChI is InChI=1S/C22H21F4N5O/c1-22(2)21-29-19(14-7-8-15(24)18(26)17(14)25)20(28-13-5-3-12(23)4-6-13)30(21)9-10-31(22)16(32)11-27/h3-8,28H,9-11,27H2,1-2H3. The van der Waals surface area contributed by atoms with Gasteiger partial charge in [0.2, 0.25) is 5.91 Å². The van der Waals surface area contributed by atoms with E-state index in [0.29, 0.717) is 30.4 Å². The number of nitrogens with zero attached hydrogens (tertiary/aromatic N) is 3. The van der Waals surface area contributed by atoms with Crippen LogP contribution in [0.5, 0.6) is 0 Å². The summed E-state index contributed by atoms with van der Waals surface area (Å²) in [5.74, 6) is -4.30. The van der Waals surface area contributed by atoms with Gasteiger partial charge in [-0.05, 0) is 50.2 Å². The van der Waals surface area contributed by atoms with Gasteiger partial charge in [0.25, 0.3) is 0 Å². The molecule has 1 amide bonds. The smallest absolute Gasteiger partial charge is 0.237 e. The van der Waals surface area contributed by atoms with E-state index in [-0.39, 0.29) is 23.7 Å². The lowest BCUT2D eigenvalue weighted by Gasteiger charge is -2.42. The molecule has 3 N–H and O–H groups in total. The summed E-state index contributed by atoms with van der Waals surface area (Å²) in [6, 6.07) is 7.40. The van der Waals surface area contributed by atoms with Crippen molar-refractivity contribution in [3.63, 3.8) is 0 Å². The highest BCUT2D eigenvalue weighted by Crippen LogP contribution is 2.40. The maximum absolute atomic E-state index is 14.7. The predicted molar refractivity (Wildman–Crippen MR) is 111 cm³/mol. The summed E-state index contributed by atoms with van der Waals surface area (Å²) in [4.78, 5) is 18.5. The lowest BCUT2D eigenvalue weighted by molar-refractivity contribution is -0.137. The number of aromatic nitrogens is 2. The number of amides is 1. The number of nitrogens with one attached hydrogen (secondary N) is 1. The Balaban J connectivity index is 1.92. The average molecular weight is 447 g/mol. The van der Waals surface area contributed by atoms with Crippen molar-refractivity contribution in [1.29, 1.82) is 0 Å². The Morgan fingerprint density at radius 3 is 2.41 bits per heavy atom. The predicted octanol–water partition coefficient (Wildman–Crippen LogP) is 3.89. The molecule has 0 saturated heterocycles. The molecule has 2 aromatic carbocycles. The van der Waals surface area contributed by atoms with Crippen LogP contribution >= 0.6 is 0 Å². The van der Waals surface area contributed by atoms with Crippen molar-refractivity contribution < 1.29 is 22.4 Å². The zero-order valence-corrected chi connectivity index (χ0v) is 17.4. The van der Waals surface area contributed by atoms with E-state index < -0.39 is 28.8 Å². The molecule has 1 aliphatic heterocycles. The molecule has 0 fully saturated rings. The van der Waals surface area contributed by atoms with Crippen LogP contribution in [0, 0.1) is 23.3 Å². The summed E-state index contributed by atoms with van der Waals surface area (Å²) in [6.07, 6.45) is 0. The average Bonchev–Trinajstić information content (AvgIpc) is 3.13. The van der Waals surface area contributed by atoms with Gasteiger partial charge >= 0.3 is 0 Å². The molecule has 2 heterocycles. The third-order valence-corrected chi connectivity index (χ3v) is 5.61. The van der Waals surface area contributed by atoms with Gasteiger partial charge in [-0.15, -0.1) is 0 Å². The number of anilines is 2. The molecule has 0 atom stereocenters. The number of hydrogen-bond donors (Lipinski definition) is 2. The van der Waals surface area contributed by atoms with E-state index in [2.05, 4.69) is 10.3 Å². The first-order valence-corrected chi connectivity index (χ1v) is 9.93. The fourth-order valence-electron chi connectivity index (χ4n) is 3.98. The van der Waals surface area contributed by atoms with E-state index in [1.165, 1.54) is 24.3 Å². The second-order valence-electron chi connectivity index (χ2n) is 7.95. The summed E-state index contributed by atoms with van der Waals surface area (Å²) >= 11 is 0. The van der Waals surface area contributed by atoms with E-state index in [0.717, 1.165) is 12.1 Å². The van der Waals surface area contributed by atoms with Crippen molar-refractivity contribution in [3.05, 3.63) is 65.5 Å². The van der Waals surface area contributed by atoms with Crippen LogP contribution in [0.2, 0.25) is 0 Å². The Hall–Kier alpha value is -3.40. The van der Waals surface area contributed by atoms with E-state index in [1.54, 1.807) is 23.3 Å². The summed E-state index contributed by atoms with van der Waals surface area (Å²) in [6.45, 7) is 3.96. The van der Waals surface area contributed by atoms with Gasteiger partial charge in [-0.25, -0.2) is 22.5 Å². The largest absolute Gasteiger partial charge is 0.340 e. The Labute approximate surface area is 181 Å². The van der Waals surface area contributed by atoms with Crippen molar-refractivity contribution in [3.8, 4) is 11.3 Å². The number of rotatable bonds is 4. The quantitative estimate of drug-likeness (QED) is 0.470. The number of benzene rings is 2. The summed E-state index contributed by atoms with van der Waals surface area (Å²) in [7, 11) is 0. The minimum atomic E-state index is -1.61. The van der Waals surface area contributed by atoms with Crippen LogP contribution in [-0.2, 0) is 16.9 Å². The van der Waals surface area contributed by atoms with Crippen LogP contribution in [-0.4, -0.2) is 33.4 Å². The fraction of sp³-hybridized carbons (Fsp3) is 0.273.